The van der Waals surface area contributed by atoms with Gasteiger partial charge in [0.05, 0.1) is 0 Å². The summed E-state index contributed by atoms with van der Waals surface area (Å²) in [7, 11) is -8.78. The van der Waals surface area contributed by atoms with Crippen LogP contribution in [0.2, 0.25) is 0 Å². The normalized spacial score (nSPS) is 10.5. The zero-order valence-electron chi connectivity index (χ0n) is 15.3. The molecule has 0 atom stereocenters. The number of benzene rings is 3. The number of hydrogen-bond acceptors (Lipinski definition) is 6. The molecule has 30 heavy (non-hydrogen) atoms. The molecule has 10 nitrogen and oxygen atoms in total. The van der Waals surface area contributed by atoms with Gasteiger partial charge in [-0.1, -0.05) is 36.4 Å². The molecule has 162 valence electrons. The van der Waals surface area contributed by atoms with Crippen LogP contribution in [0.3, 0.4) is 0 Å². The van der Waals surface area contributed by atoms with Gasteiger partial charge >= 0.3 is 15.6 Å². The van der Waals surface area contributed by atoms with Crippen molar-refractivity contribution in [3.63, 3.8) is 0 Å². The fraction of sp³-hybridized carbons (Fsp3) is 0. The van der Waals surface area contributed by atoms with Gasteiger partial charge in [0.1, 0.15) is 23.0 Å². The Morgan fingerprint density at radius 2 is 0.800 bits per heavy atom. The number of rotatable bonds is 4. The summed E-state index contributed by atoms with van der Waals surface area (Å²) >= 11 is 0. The zero-order valence-corrected chi connectivity index (χ0v) is 17.1. The van der Waals surface area contributed by atoms with Crippen molar-refractivity contribution in [2.24, 2.45) is 0 Å². The molecule has 0 unspecified atom stereocenters. The summed E-state index contributed by atoms with van der Waals surface area (Å²) in [6, 6.07) is 22.4. The van der Waals surface area contributed by atoms with E-state index in [-0.39, 0.29) is 23.0 Å². The van der Waals surface area contributed by atoms with Crippen molar-refractivity contribution in [3.05, 3.63) is 84.9 Å². The van der Waals surface area contributed by atoms with Crippen molar-refractivity contribution in [2.45, 2.75) is 0 Å². The first kappa shape index (κ1) is 25.2. The molecule has 0 fully saturated rings. The Morgan fingerprint density at radius 3 is 1.07 bits per heavy atom. The average molecular weight is 458 g/mol. The third-order valence-corrected chi connectivity index (χ3v) is 3.66. The molecule has 3 rings (SSSR count). The fourth-order valence-corrected chi connectivity index (χ4v) is 2.51. The van der Waals surface area contributed by atoms with Crippen LogP contribution in [0.15, 0.2) is 84.9 Å². The molecule has 0 aliphatic carbocycles. The maximum Gasteiger partial charge on any atom is 0.584 e. The summed E-state index contributed by atoms with van der Waals surface area (Å²) in [6.07, 6.45) is 0. The highest BCUT2D eigenvalue weighted by Crippen LogP contribution is 2.44. The van der Waals surface area contributed by atoms with E-state index in [0.29, 0.717) is 0 Å². The maximum atomic E-state index is 11.7. The lowest BCUT2D eigenvalue weighted by Gasteiger charge is -2.13. The van der Waals surface area contributed by atoms with E-state index in [4.69, 9.17) is 38.5 Å². The molecule has 0 saturated carbocycles. The lowest BCUT2D eigenvalue weighted by atomic mass is 10.3. The van der Waals surface area contributed by atoms with E-state index in [1.807, 2.05) is 0 Å². The van der Waals surface area contributed by atoms with Gasteiger partial charge in [0.25, 0.3) is 0 Å². The first-order valence-electron chi connectivity index (χ1n) is 8.03. The summed E-state index contributed by atoms with van der Waals surface area (Å²) in [5, 5.41) is 17.3. The number of para-hydroxylation sites is 2. The van der Waals surface area contributed by atoms with Gasteiger partial charge in [0.2, 0.25) is 0 Å². The molecule has 0 bridgehead atoms. The highest BCUT2D eigenvalue weighted by Gasteiger charge is 2.24. The Hall–Kier alpha value is -2.84. The summed E-state index contributed by atoms with van der Waals surface area (Å²) < 4.78 is 30.3. The minimum Gasteiger partial charge on any atom is -0.508 e. The van der Waals surface area contributed by atoms with Gasteiger partial charge in [-0.3, -0.25) is 4.89 Å². The van der Waals surface area contributed by atoms with Crippen LogP contribution in [0, 0.1) is 0 Å². The van der Waals surface area contributed by atoms with Gasteiger partial charge in [-0.25, -0.2) is 9.13 Å². The summed E-state index contributed by atoms with van der Waals surface area (Å²) in [6.45, 7) is 0. The second-order valence-electron chi connectivity index (χ2n) is 5.31. The van der Waals surface area contributed by atoms with Crippen LogP contribution in [0.1, 0.15) is 0 Å². The van der Waals surface area contributed by atoms with Crippen LogP contribution in [0.5, 0.6) is 23.0 Å². The van der Waals surface area contributed by atoms with Gasteiger partial charge in [0.15, 0.2) is 0 Å². The highest BCUT2D eigenvalue weighted by molar-refractivity contribution is 7.48. The van der Waals surface area contributed by atoms with Crippen LogP contribution in [-0.2, 0) is 9.13 Å². The van der Waals surface area contributed by atoms with E-state index in [9.17, 15) is 9.46 Å². The summed E-state index contributed by atoms with van der Waals surface area (Å²) in [5.74, 6) is 0.911. The SMILES string of the molecule is O=P(O)(O)O.O=P(O)(Oc1ccccc1)Oc1ccccc1.Oc1ccc(O)cc1. The zero-order chi connectivity index (χ0) is 22.6. The minimum atomic E-state index is -4.64. The largest absolute Gasteiger partial charge is 0.584 e. The van der Waals surface area contributed by atoms with E-state index >= 15 is 0 Å². The molecule has 0 aromatic heterocycles. The first-order valence-corrected chi connectivity index (χ1v) is 11.1. The minimum absolute atomic E-state index is 0.169. The topological polar surface area (TPSA) is 174 Å². The summed E-state index contributed by atoms with van der Waals surface area (Å²) in [5.41, 5.74) is 0. The van der Waals surface area contributed by atoms with Crippen LogP contribution in [0.4, 0.5) is 0 Å². The Balaban J connectivity index is 0.000000286. The van der Waals surface area contributed by atoms with E-state index < -0.39 is 15.6 Å². The Morgan fingerprint density at radius 1 is 0.533 bits per heavy atom. The van der Waals surface area contributed by atoms with Gasteiger partial charge in [-0.05, 0) is 48.5 Å². The van der Waals surface area contributed by atoms with Crippen molar-refractivity contribution in [2.75, 3.05) is 0 Å². The molecule has 0 heterocycles. The molecule has 3 aromatic rings. The second kappa shape index (κ2) is 12.0. The molecule has 0 spiro atoms. The number of phenolic OH excluding ortho intramolecular Hbond substituents is 2. The van der Waals surface area contributed by atoms with Gasteiger partial charge in [-0.15, -0.1) is 0 Å². The number of hydrogen-bond donors (Lipinski definition) is 6. The molecule has 12 heteroatoms. The van der Waals surface area contributed by atoms with Crippen molar-refractivity contribution in [1.82, 2.24) is 0 Å². The molecule has 3 aromatic carbocycles. The lowest BCUT2D eigenvalue weighted by Crippen LogP contribution is -1.99. The van der Waals surface area contributed by atoms with Crippen LogP contribution < -0.4 is 9.05 Å². The number of phenols is 2. The Bertz CT molecular complexity index is 885. The average Bonchev–Trinajstić information content (AvgIpc) is 2.64. The van der Waals surface area contributed by atoms with Crippen molar-refractivity contribution in [1.29, 1.82) is 0 Å². The van der Waals surface area contributed by atoms with Gasteiger partial charge < -0.3 is 33.9 Å². The molecule has 0 aliphatic rings. The standard InChI is InChI=1S/C12H11O4P.C6H6O2.H3O4P/c13-17(14,15-11-7-3-1-4-8-11)16-12-9-5-2-6-10-12;7-5-1-2-6(8)4-3-5;1-5(2,3)4/h1-10H,(H,13,14);1-4,7-8H;(H3,1,2,3,4). The number of phosphoric ester groups is 1. The molecule has 0 saturated heterocycles. The van der Waals surface area contributed by atoms with Crippen LogP contribution in [-0.4, -0.2) is 29.8 Å². The molecule has 0 radical (unpaired) electrons. The smallest absolute Gasteiger partial charge is 0.508 e. The lowest BCUT2D eigenvalue weighted by molar-refractivity contribution is 0.275. The van der Waals surface area contributed by atoms with Crippen molar-refractivity contribution < 1.29 is 48.0 Å². The second-order valence-corrected chi connectivity index (χ2v) is 7.64. The summed E-state index contributed by atoms with van der Waals surface area (Å²) in [4.78, 5) is 31.1. The molecule has 0 amide bonds. The third-order valence-electron chi connectivity index (χ3n) is 2.78. The van der Waals surface area contributed by atoms with E-state index in [0.717, 1.165) is 0 Å². The van der Waals surface area contributed by atoms with Gasteiger partial charge in [0, 0.05) is 0 Å². The molecule has 0 aliphatic heterocycles. The molecular formula is C18H20O10P2. The van der Waals surface area contributed by atoms with E-state index in [1.54, 1.807) is 60.7 Å². The first-order chi connectivity index (χ1) is 13.9. The Labute approximate surface area is 172 Å². The predicted molar refractivity (Wildman–Crippen MR) is 108 cm³/mol. The monoisotopic (exact) mass is 458 g/mol. The van der Waals surface area contributed by atoms with Crippen molar-refractivity contribution in [3.8, 4) is 23.0 Å². The van der Waals surface area contributed by atoms with E-state index in [2.05, 4.69) is 0 Å². The van der Waals surface area contributed by atoms with E-state index in [1.165, 1.54) is 24.3 Å². The fourth-order valence-electron chi connectivity index (χ4n) is 1.70. The van der Waals surface area contributed by atoms with Gasteiger partial charge in [-0.2, -0.15) is 0 Å². The van der Waals surface area contributed by atoms with Crippen LogP contribution >= 0.6 is 15.6 Å². The number of aromatic hydroxyl groups is 2. The van der Waals surface area contributed by atoms with Crippen LogP contribution in [0.25, 0.3) is 0 Å². The quantitative estimate of drug-likeness (QED) is 0.251. The number of phosphoric acid groups is 2. The van der Waals surface area contributed by atoms with Crippen molar-refractivity contribution >= 4 is 15.6 Å². The molecular weight excluding hydrogens is 438 g/mol. The molecule has 6 N–H and O–H groups in total. The highest BCUT2D eigenvalue weighted by atomic mass is 31.2. The predicted octanol–water partition coefficient (Wildman–Crippen LogP) is 3.41. The maximum absolute atomic E-state index is 11.7. The third kappa shape index (κ3) is 13.4. The Kier molecular flexibility index (Phi) is 10.1.